The molecule has 8 nitrogen and oxygen atoms in total. The maximum Gasteiger partial charge on any atom is 0.267 e. The van der Waals surface area contributed by atoms with Gasteiger partial charge >= 0.3 is 0 Å². The average Bonchev–Trinajstić information content (AvgIpc) is 2.79. The van der Waals surface area contributed by atoms with Gasteiger partial charge in [0.05, 0.1) is 17.8 Å². The molecule has 1 saturated heterocycles. The summed E-state index contributed by atoms with van der Waals surface area (Å²) in [5.74, 6) is -0.155. The minimum Gasteiger partial charge on any atom is -0.372 e. The van der Waals surface area contributed by atoms with Crippen molar-refractivity contribution in [3.63, 3.8) is 0 Å². The van der Waals surface area contributed by atoms with Crippen molar-refractivity contribution in [3.05, 3.63) is 75.7 Å². The Labute approximate surface area is 191 Å². The SMILES string of the molecule is Cc1ccc(NC(=O)/C(C#N)=C/c2c(N3CC(C)OC(C)C3)nc3ccccn3c2=O)cc1. The highest BCUT2D eigenvalue weighted by atomic mass is 16.5. The van der Waals surface area contributed by atoms with E-state index < -0.39 is 5.91 Å². The third-order valence-corrected chi connectivity index (χ3v) is 5.43. The molecule has 0 spiro atoms. The van der Waals surface area contributed by atoms with Gasteiger partial charge in [0.25, 0.3) is 11.5 Å². The first-order chi connectivity index (χ1) is 15.9. The Hall–Kier alpha value is -3.96. The van der Waals surface area contributed by atoms with Gasteiger partial charge in [-0.25, -0.2) is 4.98 Å². The van der Waals surface area contributed by atoms with E-state index in [4.69, 9.17) is 9.72 Å². The Morgan fingerprint density at radius 2 is 1.88 bits per heavy atom. The molecule has 0 aliphatic carbocycles. The number of hydrogen-bond acceptors (Lipinski definition) is 6. The molecule has 4 rings (SSSR count). The number of aryl methyl sites for hydroxylation is 1. The number of nitrogens with zero attached hydrogens (tertiary/aromatic N) is 4. The number of anilines is 2. The molecule has 2 unspecified atom stereocenters. The van der Waals surface area contributed by atoms with Crippen molar-refractivity contribution < 1.29 is 9.53 Å². The molecule has 1 N–H and O–H groups in total. The average molecular weight is 444 g/mol. The number of pyridine rings is 1. The van der Waals surface area contributed by atoms with Crippen LogP contribution in [0.4, 0.5) is 11.5 Å². The Balaban J connectivity index is 1.80. The summed E-state index contributed by atoms with van der Waals surface area (Å²) < 4.78 is 7.24. The zero-order chi connectivity index (χ0) is 23.5. The predicted octanol–water partition coefficient (Wildman–Crippen LogP) is 3.16. The van der Waals surface area contributed by atoms with Crippen molar-refractivity contribution in [1.29, 1.82) is 5.26 Å². The number of hydrogen-bond donors (Lipinski definition) is 1. The van der Waals surface area contributed by atoms with E-state index in [1.165, 1.54) is 10.5 Å². The molecular formula is C25H25N5O3. The van der Waals surface area contributed by atoms with Crippen LogP contribution < -0.4 is 15.8 Å². The van der Waals surface area contributed by atoms with Crippen molar-refractivity contribution in [2.24, 2.45) is 0 Å². The first kappa shape index (κ1) is 22.2. The lowest BCUT2D eigenvalue weighted by atomic mass is 10.1. The van der Waals surface area contributed by atoms with E-state index in [2.05, 4.69) is 5.32 Å². The molecule has 2 atom stereocenters. The number of rotatable bonds is 4. The van der Waals surface area contributed by atoms with E-state index in [1.807, 2.05) is 43.9 Å². The molecule has 3 heterocycles. The zero-order valence-corrected chi connectivity index (χ0v) is 18.8. The molecule has 1 aliphatic heterocycles. The van der Waals surface area contributed by atoms with Crippen LogP contribution in [-0.2, 0) is 9.53 Å². The van der Waals surface area contributed by atoms with Gasteiger partial charge in [-0.05, 0) is 51.1 Å². The molecule has 1 fully saturated rings. The van der Waals surface area contributed by atoms with Gasteiger partial charge < -0.3 is 15.0 Å². The molecule has 2 aromatic heterocycles. The molecule has 3 aromatic rings. The van der Waals surface area contributed by atoms with Crippen LogP contribution in [0.2, 0.25) is 0 Å². The van der Waals surface area contributed by atoms with Crippen LogP contribution in [0, 0.1) is 18.3 Å². The van der Waals surface area contributed by atoms with Gasteiger partial charge in [0.1, 0.15) is 23.1 Å². The maximum atomic E-state index is 13.4. The highest BCUT2D eigenvalue weighted by molar-refractivity contribution is 6.10. The lowest BCUT2D eigenvalue weighted by molar-refractivity contribution is -0.112. The van der Waals surface area contributed by atoms with Crippen LogP contribution in [0.1, 0.15) is 25.0 Å². The molecule has 1 aliphatic rings. The number of carbonyl (C=O) groups is 1. The summed E-state index contributed by atoms with van der Waals surface area (Å²) in [5.41, 5.74) is 1.77. The minimum atomic E-state index is -0.589. The van der Waals surface area contributed by atoms with Gasteiger partial charge in [0.15, 0.2) is 0 Å². The summed E-state index contributed by atoms with van der Waals surface area (Å²) in [4.78, 5) is 32.9. The minimum absolute atomic E-state index is 0.0538. The summed E-state index contributed by atoms with van der Waals surface area (Å²) in [7, 11) is 0. The number of nitrogens with one attached hydrogen (secondary N) is 1. The second-order valence-corrected chi connectivity index (χ2v) is 8.24. The van der Waals surface area contributed by atoms with Crippen LogP contribution >= 0.6 is 0 Å². The van der Waals surface area contributed by atoms with Gasteiger partial charge in [0, 0.05) is 25.0 Å². The van der Waals surface area contributed by atoms with E-state index >= 15 is 0 Å². The van der Waals surface area contributed by atoms with Crippen molar-refractivity contribution >= 4 is 29.1 Å². The highest BCUT2D eigenvalue weighted by Gasteiger charge is 2.27. The molecule has 1 amide bonds. The molecular weight excluding hydrogens is 418 g/mol. The van der Waals surface area contributed by atoms with Crippen LogP contribution in [-0.4, -0.2) is 40.6 Å². The van der Waals surface area contributed by atoms with Crippen molar-refractivity contribution in [1.82, 2.24) is 9.38 Å². The number of fused-ring (bicyclic) bond motifs is 1. The van der Waals surface area contributed by atoms with E-state index in [1.54, 1.807) is 36.5 Å². The van der Waals surface area contributed by atoms with E-state index in [9.17, 15) is 14.9 Å². The summed E-state index contributed by atoms with van der Waals surface area (Å²) >= 11 is 0. The number of nitriles is 1. The summed E-state index contributed by atoms with van der Waals surface area (Å²) in [6.07, 6.45) is 2.84. The second kappa shape index (κ2) is 9.27. The van der Waals surface area contributed by atoms with Crippen molar-refractivity contribution in [2.75, 3.05) is 23.3 Å². The van der Waals surface area contributed by atoms with Gasteiger partial charge in [-0.15, -0.1) is 0 Å². The van der Waals surface area contributed by atoms with Crippen molar-refractivity contribution in [3.8, 4) is 6.07 Å². The molecule has 0 bridgehead atoms. The van der Waals surface area contributed by atoms with E-state index in [-0.39, 0.29) is 28.9 Å². The molecule has 0 saturated carbocycles. The first-order valence-electron chi connectivity index (χ1n) is 10.8. The fourth-order valence-corrected chi connectivity index (χ4v) is 3.94. The second-order valence-electron chi connectivity index (χ2n) is 8.24. The molecule has 8 heteroatoms. The fourth-order valence-electron chi connectivity index (χ4n) is 3.94. The fraction of sp³-hybridized carbons (Fsp3) is 0.280. The monoisotopic (exact) mass is 443 g/mol. The number of morpholine rings is 1. The summed E-state index contributed by atoms with van der Waals surface area (Å²) in [6.45, 7) is 6.95. The van der Waals surface area contributed by atoms with Gasteiger partial charge in [0.2, 0.25) is 0 Å². The van der Waals surface area contributed by atoms with Crippen LogP contribution in [0.25, 0.3) is 11.7 Å². The third-order valence-electron chi connectivity index (χ3n) is 5.43. The van der Waals surface area contributed by atoms with Crippen molar-refractivity contribution in [2.45, 2.75) is 33.0 Å². The van der Waals surface area contributed by atoms with E-state index in [0.29, 0.717) is 30.2 Å². The molecule has 0 radical (unpaired) electrons. The standard InChI is InChI=1S/C25H25N5O3/c1-16-7-9-20(10-8-16)27-24(31)19(13-26)12-21-23(29-14-17(2)33-18(3)15-29)28-22-6-4-5-11-30(22)25(21)32/h4-12,17-18H,14-15H2,1-3H3,(H,27,31)/b19-12+. The number of carbonyl (C=O) groups excluding carboxylic acids is 1. The third kappa shape index (κ3) is 4.78. The summed E-state index contributed by atoms with van der Waals surface area (Å²) in [6, 6.07) is 14.5. The lowest BCUT2D eigenvalue weighted by Crippen LogP contribution is -2.46. The summed E-state index contributed by atoms with van der Waals surface area (Å²) in [5, 5.41) is 12.4. The first-order valence-corrected chi connectivity index (χ1v) is 10.8. The highest BCUT2D eigenvalue weighted by Crippen LogP contribution is 2.23. The Bertz CT molecular complexity index is 1310. The lowest BCUT2D eigenvalue weighted by Gasteiger charge is -2.36. The number of ether oxygens (including phenoxy) is 1. The number of amides is 1. The smallest absolute Gasteiger partial charge is 0.267 e. The number of aromatic nitrogens is 2. The maximum absolute atomic E-state index is 13.4. The largest absolute Gasteiger partial charge is 0.372 e. The number of benzene rings is 1. The van der Waals surface area contributed by atoms with Crippen LogP contribution in [0.3, 0.4) is 0 Å². The normalized spacial score (nSPS) is 18.7. The quantitative estimate of drug-likeness (QED) is 0.491. The Kier molecular flexibility index (Phi) is 6.24. The Morgan fingerprint density at radius 1 is 1.18 bits per heavy atom. The van der Waals surface area contributed by atoms with E-state index in [0.717, 1.165) is 5.56 Å². The van der Waals surface area contributed by atoms with Gasteiger partial charge in [-0.2, -0.15) is 5.26 Å². The van der Waals surface area contributed by atoms with Crippen LogP contribution in [0.15, 0.2) is 59.0 Å². The van der Waals surface area contributed by atoms with Crippen LogP contribution in [0.5, 0.6) is 0 Å². The Morgan fingerprint density at radius 3 is 2.55 bits per heavy atom. The molecule has 33 heavy (non-hydrogen) atoms. The van der Waals surface area contributed by atoms with Gasteiger partial charge in [-0.1, -0.05) is 23.8 Å². The topological polar surface area (TPSA) is 99.7 Å². The predicted molar refractivity (Wildman–Crippen MR) is 127 cm³/mol. The van der Waals surface area contributed by atoms with Gasteiger partial charge in [-0.3, -0.25) is 14.0 Å². The zero-order valence-electron chi connectivity index (χ0n) is 18.8. The molecule has 1 aromatic carbocycles. The molecule has 168 valence electrons.